The summed E-state index contributed by atoms with van der Waals surface area (Å²) < 4.78 is 19.4. The molecule has 12 heteroatoms. The molecule has 0 radical (unpaired) electrons. The standard InChI is InChI=1S/C38H43N5O7/c1-6-7-14-39-34(47)26-18-48-35(40-26)30-32-38-23-10-8-9-11-25(23)41-37(38)49-28-13-12-21(16-24(28)38)15-22(17-27(44)31(45)20(4)5)33(46)42-29(19(2)3)36(43-30)50-32/h8-13,16,18-20,22,29,31,37,41,45H,6-7,14-15,17H2,1-5H3,(H,39,47)(H,42,46)/t22?,29-,31-,37-,38?/m0/s1. The van der Waals surface area contributed by atoms with Crippen LogP contribution in [0.3, 0.4) is 0 Å². The van der Waals surface area contributed by atoms with Gasteiger partial charge in [0.25, 0.3) is 5.91 Å². The smallest absolute Gasteiger partial charge is 0.273 e. The second-order valence-electron chi connectivity index (χ2n) is 14.2. The summed E-state index contributed by atoms with van der Waals surface area (Å²) in [6, 6.07) is 13.0. The third-order valence-electron chi connectivity index (χ3n) is 9.99. The molecule has 5 heterocycles. The molecule has 5 atom stereocenters. The number of carbonyl (C=O) groups is 3. The molecule has 1 spiro atoms. The van der Waals surface area contributed by atoms with E-state index >= 15 is 0 Å². The Hall–Kier alpha value is -4.97. The monoisotopic (exact) mass is 681 g/mol. The molecule has 3 aliphatic heterocycles. The number of nitrogens with zero attached hydrogens (tertiary/aromatic N) is 2. The van der Waals surface area contributed by atoms with E-state index in [4.69, 9.17) is 18.6 Å². The number of hydrogen-bond acceptors (Lipinski definition) is 10. The minimum atomic E-state index is -1.18. The predicted octanol–water partition coefficient (Wildman–Crippen LogP) is 5.30. The van der Waals surface area contributed by atoms with Crippen molar-refractivity contribution in [1.82, 2.24) is 20.6 Å². The van der Waals surface area contributed by atoms with E-state index in [1.807, 2.05) is 63.2 Å². The molecule has 0 aliphatic carbocycles. The van der Waals surface area contributed by atoms with E-state index in [0.717, 1.165) is 35.2 Å². The van der Waals surface area contributed by atoms with Gasteiger partial charge in [-0.2, -0.15) is 0 Å². The number of aromatic nitrogens is 2. The van der Waals surface area contributed by atoms with Crippen LogP contribution in [0.2, 0.25) is 0 Å². The molecule has 4 aromatic rings. The Morgan fingerprint density at radius 3 is 2.64 bits per heavy atom. The second kappa shape index (κ2) is 13.1. The van der Waals surface area contributed by atoms with Gasteiger partial charge in [-0.25, -0.2) is 9.97 Å². The summed E-state index contributed by atoms with van der Waals surface area (Å²) in [6.45, 7) is 10.00. The van der Waals surface area contributed by atoms with E-state index < -0.39 is 29.7 Å². The summed E-state index contributed by atoms with van der Waals surface area (Å²) in [5, 5.41) is 20.1. The summed E-state index contributed by atoms with van der Waals surface area (Å²) >= 11 is 0. The third kappa shape index (κ3) is 5.55. The van der Waals surface area contributed by atoms with Crippen molar-refractivity contribution in [3.8, 4) is 17.3 Å². The number of anilines is 1. The number of benzene rings is 2. The molecule has 3 aliphatic rings. The van der Waals surface area contributed by atoms with Gasteiger partial charge in [-0.1, -0.05) is 71.4 Å². The Morgan fingerprint density at radius 2 is 1.88 bits per heavy atom. The minimum absolute atomic E-state index is 0.0904. The van der Waals surface area contributed by atoms with Gasteiger partial charge in [0.05, 0.1) is 0 Å². The quantitative estimate of drug-likeness (QED) is 0.161. The van der Waals surface area contributed by atoms with Crippen molar-refractivity contribution >= 4 is 23.3 Å². The van der Waals surface area contributed by atoms with Gasteiger partial charge in [-0.15, -0.1) is 0 Å². The molecule has 12 nitrogen and oxygen atoms in total. The maximum absolute atomic E-state index is 14.1. The van der Waals surface area contributed by atoms with Crippen LogP contribution in [0.25, 0.3) is 11.6 Å². The van der Waals surface area contributed by atoms with E-state index in [1.54, 1.807) is 13.8 Å². The molecule has 2 aromatic heterocycles. The lowest BCUT2D eigenvalue weighted by Crippen LogP contribution is -2.41. The van der Waals surface area contributed by atoms with Crippen LogP contribution in [0.1, 0.15) is 98.8 Å². The molecule has 2 aromatic carbocycles. The second-order valence-corrected chi connectivity index (χ2v) is 14.2. The van der Waals surface area contributed by atoms with Crippen molar-refractivity contribution in [3.63, 3.8) is 0 Å². The summed E-state index contributed by atoms with van der Waals surface area (Å²) in [6.07, 6.45) is 1.38. The van der Waals surface area contributed by atoms with Crippen molar-refractivity contribution in [2.24, 2.45) is 17.8 Å². The van der Waals surface area contributed by atoms with E-state index in [2.05, 4.69) is 20.9 Å². The van der Waals surface area contributed by atoms with Gasteiger partial charge in [0, 0.05) is 30.1 Å². The zero-order valence-corrected chi connectivity index (χ0v) is 28.9. The highest BCUT2D eigenvalue weighted by atomic mass is 16.5. The van der Waals surface area contributed by atoms with Gasteiger partial charge in [0.2, 0.25) is 17.7 Å². The predicted molar refractivity (Wildman–Crippen MR) is 183 cm³/mol. The first kappa shape index (κ1) is 33.5. The highest BCUT2D eigenvalue weighted by molar-refractivity contribution is 5.92. The highest BCUT2D eigenvalue weighted by Gasteiger charge is 2.61. The Balaban J connectivity index is 1.43. The van der Waals surface area contributed by atoms with Crippen LogP contribution in [0.5, 0.6) is 5.75 Å². The molecule has 0 fully saturated rings. The fourth-order valence-electron chi connectivity index (χ4n) is 7.25. The number of aliphatic hydroxyl groups is 1. The number of carbonyl (C=O) groups excluding carboxylic acids is 3. The summed E-state index contributed by atoms with van der Waals surface area (Å²) in [5.41, 5.74) is 2.68. The van der Waals surface area contributed by atoms with Gasteiger partial charge in [-0.3, -0.25) is 14.4 Å². The molecule has 4 bridgehead atoms. The van der Waals surface area contributed by atoms with Gasteiger partial charge < -0.3 is 34.6 Å². The average molecular weight is 682 g/mol. The highest BCUT2D eigenvalue weighted by Crippen LogP contribution is 2.59. The van der Waals surface area contributed by atoms with Crippen LogP contribution in [0, 0.1) is 17.8 Å². The van der Waals surface area contributed by atoms with E-state index in [-0.39, 0.29) is 65.4 Å². The fourth-order valence-corrected chi connectivity index (χ4v) is 7.25. The molecule has 7 rings (SSSR count). The number of ether oxygens (including phenoxy) is 1. The zero-order valence-electron chi connectivity index (χ0n) is 28.9. The van der Waals surface area contributed by atoms with E-state index in [1.165, 1.54) is 6.26 Å². The van der Waals surface area contributed by atoms with Crippen molar-refractivity contribution in [3.05, 3.63) is 82.8 Å². The molecule has 4 N–H and O–H groups in total. The number of fused-ring (bicyclic) bond motifs is 4. The van der Waals surface area contributed by atoms with Crippen LogP contribution in [-0.2, 0) is 21.4 Å². The zero-order chi connectivity index (χ0) is 35.3. The number of nitrogens with one attached hydrogen (secondary N) is 3. The molecule has 0 saturated heterocycles. The lowest BCUT2D eigenvalue weighted by atomic mass is 9.72. The third-order valence-corrected chi connectivity index (χ3v) is 9.99. The van der Waals surface area contributed by atoms with Crippen LogP contribution in [-0.4, -0.2) is 51.5 Å². The van der Waals surface area contributed by atoms with Gasteiger partial charge in [-0.05, 0) is 47.9 Å². The first-order valence-corrected chi connectivity index (χ1v) is 17.4. The number of Topliss-reactive ketones (excluding diaryl/α,β-unsaturated/α-hetero) is 1. The number of unbranched alkanes of at least 4 members (excludes halogenated alkanes) is 1. The van der Waals surface area contributed by atoms with Crippen molar-refractivity contribution in [2.75, 3.05) is 11.9 Å². The maximum Gasteiger partial charge on any atom is 0.273 e. The first-order valence-electron chi connectivity index (χ1n) is 17.4. The van der Waals surface area contributed by atoms with Crippen LogP contribution < -0.4 is 20.7 Å². The number of aliphatic hydroxyl groups excluding tert-OH is 1. The molecule has 0 saturated carbocycles. The van der Waals surface area contributed by atoms with Gasteiger partial charge in [0.15, 0.2) is 29.2 Å². The number of hydrogen-bond donors (Lipinski definition) is 4. The van der Waals surface area contributed by atoms with E-state index in [9.17, 15) is 19.5 Å². The summed E-state index contributed by atoms with van der Waals surface area (Å²) in [5.74, 6) is -0.999. The SMILES string of the molecule is CCCCNC(=O)c1coc(-c2nc3oc2C24c5ccccc5N[C@H]2Oc2ccc(cc24)CC(CC(=O)[C@@H](O)C(C)C)C(=O)N[C@H]3C(C)C)n1. The largest absolute Gasteiger partial charge is 0.469 e. The Bertz CT molecular complexity index is 1950. The maximum atomic E-state index is 14.1. The molecular weight excluding hydrogens is 638 g/mol. The van der Waals surface area contributed by atoms with Gasteiger partial charge >= 0.3 is 0 Å². The number of para-hydroxylation sites is 1. The molecule has 50 heavy (non-hydrogen) atoms. The lowest BCUT2D eigenvalue weighted by molar-refractivity contribution is -0.135. The molecule has 2 unspecified atom stereocenters. The minimum Gasteiger partial charge on any atom is -0.469 e. The lowest BCUT2D eigenvalue weighted by Gasteiger charge is -2.28. The Kier molecular flexibility index (Phi) is 8.75. The van der Waals surface area contributed by atoms with E-state index in [0.29, 0.717) is 18.1 Å². The van der Waals surface area contributed by atoms with Crippen LogP contribution in [0.4, 0.5) is 5.69 Å². The van der Waals surface area contributed by atoms with Gasteiger partial charge in [0.1, 0.15) is 29.6 Å². The van der Waals surface area contributed by atoms with Crippen molar-refractivity contribution in [1.29, 1.82) is 0 Å². The fraction of sp³-hybridized carbons (Fsp3) is 0.447. The number of rotatable bonds is 10. The Morgan fingerprint density at radius 1 is 1.08 bits per heavy atom. The normalized spacial score (nSPS) is 22.5. The van der Waals surface area contributed by atoms with Crippen LogP contribution >= 0.6 is 0 Å². The van der Waals surface area contributed by atoms with Crippen molar-refractivity contribution < 1.29 is 33.1 Å². The molecule has 2 amide bonds. The number of ketones is 1. The van der Waals surface area contributed by atoms with Crippen LogP contribution in [0.15, 0.2) is 57.6 Å². The number of oxazole rings is 2. The molecular formula is C38H43N5O7. The first-order chi connectivity index (χ1) is 24.0. The topological polar surface area (TPSA) is 169 Å². The summed E-state index contributed by atoms with van der Waals surface area (Å²) in [7, 11) is 0. The Labute approximate surface area is 290 Å². The van der Waals surface area contributed by atoms with Crippen molar-refractivity contribution in [2.45, 2.75) is 84.1 Å². The summed E-state index contributed by atoms with van der Waals surface area (Å²) in [4.78, 5) is 49.8. The average Bonchev–Trinajstić information content (AvgIpc) is 3.87. The number of amides is 2. The molecule has 262 valence electrons.